The Kier molecular flexibility index (Phi) is 5.37. The molecule has 3 heteroatoms. The van der Waals surface area contributed by atoms with Gasteiger partial charge in [0.15, 0.2) is 0 Å². The number of nitrogens with one attached hydrogen (secondary N) is 1. The number of benzene rings is 1. The lowest BCUT2D eigenvalue weighted by molar-refractivity contribution is 0.183. The van der Waals surface area contributed by atoms with Crippen LogP contribution in [-0.4, -0.2) is 6.54 Å². The maximum atomic E-state index is 14.4. The Morgan fingerprint density at radius 2 is 1.81 bits per heavy atom. The Hall–Kier alpha value is -0.960. The quantitative estimate of drug-likeness (QED) is 0.752. The van der Waals surface area contributed by atoms with Crippen molar-refractivity contribution in [3.05, 3.63) is 34.9 Å². The van der Waals surface area contributed by atoms with E-state index in [0.717, 1.165) is 38.3 Å². The normalized spacial score (nSPS) is 18.9. The average Bonchev–Trinajstić information content (AvgIpc) is 2.94. The summed E-state index contributed by atoms with van der Waals surface area (Å²) in [5.74, 6) is -0.867. The number of rotatable bonds is 6. The molecule has 1 aromatic rings. The Morgan fingerprint density at radius 3 is 2.38 bits per heavy atom. The summed E-state index contributed by atoms with van der Waals surface area (Å²) in [5.41, 5.74) is 1.28. The zero-order valence-corrected chi connectivity index (χ0v) is 13.4. The highest BCUT2D eigenvalue weighted by molar-refractivity contribution is 5.30. The fourth-order valence-electron chi connectivity index (χ4n) is 3.77. The van der Waals surface area contributed by atoms with Crippen LogP contribution in [0.25, 0.3) is 0 Å². The smallest absolute Gasteiger partial charge is 0.130 e. The molecular weight excluding hydrogens is 268 g/mol. The Bertz CT molecular complexity index is 478. The lowest BCUT2D eigenvalue weighted by Gasteiger charge is -2.38. The largest absolute Gasteiger partial charge is 0.309 e. The zero-order chi connectivity index (χ0) is 15.5. The highest BCUT2D eigenvalue weighted by Gasteiger charge is 2.41. The summed E-state index contributed by atoms with van der Waals surface area (Å²) in [6.45, 7) is 6.88. The number of hydrogen-bond acceptors (Lipinski definition) is 1. The fraction of sp³-hybridized carbons (Fsp3) is 0.667. The van der Waals surface area contributed by atoms with Gasteiger partial charge in [-0.25, -0.2) is 8.78 Å². The fourth-order valence-corrected chi connectivity index (χ4v) is 3.77. The van der Waals surface area contributed by atoms with Gasteiger partial charge < -0.3 is 5.32 Å². The number of aryl methyl sites for hydroxylation is 1. The zero-order valence-electron chi connectivity index (χ0n) is 13.4. The third-order valence-corrected chi connectivity index (χ3v) is 5.10. The van der Waals surface area contributed by atoms with Crippen LogP contribution in [0.15, 0.2) is 12.1 Å². The molecule has 1 unspecified atom stereocenters. The molecule has 1 atom stereocenters. The topological polar surface area (TPSA) is 12.0 Å². The van der Waals surface area contributed by atoms with E-state index in [2.05, 4.69) is 19.2 Å². The molecule has 1 N–H and O–H groups in total. The van der Waals surface area contributed by atoms with Crippen molar-refractivity contribution in [2.45, 2.75) is 65.3 Å². The van der Waals surface area contributed by atoms with E-state index in [-0.39, 0.29) is 11.5 Å². The van der Waals surface area contributed by atoms with E-state index in [1.165, 1.54) is 12.8 Å². The summed E-state index contributed by atoms with van der Waals surface area (Å²) in [6.07, 6.45) is 6.71. The summed E-state index contributed by atoms with van der Waals surface area (Å²) in [7, 11) is 0. The van der Waals surface area contributed by atoms with Gasteiger partial charge in [0.05, 0.1) is 0 Å². The standard InChI is InChI=1S/C18H27F2N/c1-4-10-21-17(18(5-2)8-6-7-9-18)14-11-13(3)15(19)12-16(14)20/h11-12,17,21H,4-10H2,1-3H3. The predicted molar refractivity (Wildman–Crippen MR) is 83.3 cm³/mol. The molecular formula is C18H27F2N. The second kappa shape index (κ2) is 6.87. The van der Waals surface area contributed by atoms with Crippen molar-refractivity contribution in [1.29, 1.82) is 0 Å². The van der Waals surface area contributed by atoms with E-state index in [1.807, 2.05) is 0 Å². The number of halogens is 2. The Balaban J connectivity index is 2.42. The first-order valence-corrected chi connectivity index (χ1v) is 8.23. The third-order valence-electron chi connectivity index (χ3n) is 5.10. The molecule has 1 aromatic carbocycles. The molecule has 0 radical (unpaired) electrons. The molecule has 0 heterocycles. The van der Waals surface area contributed by atoms with Crippen LogP contribution in [0, 0.1) is 24.0 Å². The molecule has 1 fully saturated rings. The van der Waals surface area contributed by atoms with Crippen LogP contribution in [0.2, 0.25) is 0 Å². The van der Waals surface area contributed by atoms with Gasteiger partial charge in [-0.1, -0.05) is 26.7 Å². The van der Waals surface area contributed by atoms with Crippen LogP contribution in [0.3, 0.4) is 0 Å². The molecule has 0 saturated heterocycles. The van der Waals surface area contributed by atoms with Crippen LogP contribution in [0.1, 0.15) is 69.5 Å². The van der Waals surface area contributed by atoms with E-state index in [1.54, 1.807) is 13.0 Å². The van der Waals surface area contributed by atoms with Crippen LogP contribution in [0.4, 0.5) is 8.78 Å². The second-order valence-corrected chi connectivity index (χ2v) is 6.43. The minimum Gasteiger partial charge on any atom is -0.309 e. The van der Waals surface area contributed by atoms with Gasteiger partial charge >= 0.3 is 0 Å². The van der Waals surface area contributed by atoms with Crippen LogP contribution >= 0.6 is 0 Å². The first-order chi connectivity index (χ1) is 10.0. The van der Waals surface area contributed by atoms with E-state index in [4.69, 9.17) is 0 Å². The number of hydrogen-bond donors (Lipinski definition) is 1. The van der Waals surface area contributed by atoms with Crippen molar-refractivity contribution in [3.63, 3.8) is 0 Å². The highest BCUT2D eigenvalue weighted by Crippen LogP contribution is 2.50. The van der Waals surface area contributed by atoms with Gasteiger partial charge in [0, 0.05) is 17.7 Å². The first kappa shape index (κ1) is 16.4. The molecule has 0 amide bonds. The molecule has 1 aliphatic carbocycles. The molecule has 118 valence electrons. The van der Waals surface area contributed by atoms with Crippen molar-refractivity contribution in [2.24, 2.45) is 5.41 Å². The van der Waals surface area contributed by atoms with E-state index in [9.17, 15) is 8.78 Å². The molecule has 0 aromatic heterocycles. The molecule has 21 heavy (non-hydrogen) atoms. The van der Waals surface area contributed by atoms with E-state index in [0.29, 0.717) is 11.1 Å². The van der Waals surface area contributed by atoms with Gasteiger partial charge in [0.25, 0.3) is 0 Å². The van der Waals surface area contributed by atoms with Crippen molar-refractivity contribution < 1.29 is 8.78 Å². The third kappa shape index (κ3) is 3.28. The summed E-state index contributed by atoms with van der Waals surface area (Å²) >= 11 is 0. The van der Waals surface area contributed by atoms with Crippen molar-refractivity contribution in [2.75, 3.05) is 6.54 Å². The molecule has 0 aliphatic heterocycles. The predicted octanol–water partition coefficient (Wildman–Crippen LogP) is 5.28. The second-order valence-electron chi connectivity index (χ2n) is 6.43. The highest BCUT2D eigenvalue weighted by atomic mass is 19.1. The van der Waals surface area contributed by atoms with E-state index >= 15 is 0 Å². The van der Waals surface area contributed by atoms with Crippen molar-refractivity contribution >= 4 is 0 Å². The van der Waals surface area contributed by atoms with Gasteiger partial charge in [-0.05, 0) is 56.2 Å². The monoisotopic (exact) mass is 295 g/mol. The van der Waals surface area contributed by atoms with Crippen molar-refractivity contribution in [3.8, 4) is 0 Å². The lowest BCUT2D eigenvalue weighted by atomic mass is 9.73. The molecule has 0 bridgehead atoms. The van der Waals surface area contributed by atoms with Crippen molar-refractivity contribution in [1.82, 2.24) is 5.32 Å². The molecule has 0 spiro atoms. The van der Waals surface area contributed by atoms with Gasteiger partial charge in [-0.2, -0.15) is 0 Å². The molecule has 1 nitrogen and oxygen atoms in total. The SMILES string of the molecule is CCCNC(c1cc(C)c(F)cc1F)C1(CC)CCCC1. The van der Waals surface area contributed by atoms with Crippen LogP contribution < -0.4 is 5.32 Å². The maximum absolute atomic E-state index is 14.4. The van der Waals surface area contributed by atoms with E-state index < -0.39 is 11.6 Å². The first-order valence-electron chi connectivity index (χ1n) is 8.23. The van der Waals surface area contributed by atoms with Gasteiger partial charge in [-0.3, -0.25) is 0 Å². The minimum atomic E-state index is -0.456. The summed E-state index contributed by atoms with van der Waals surface area (Å²) in [4.78, 5) is 0. The molecule has 1 saturated carbocycles. The molecule has 1 aliphatic rings. The van der Waals surface area contributed by atoms with Crippen LogP contribution in [-0.2, 0) is 0 Å². The van der Waals surface area contributed by atoms with Crippen LogP contribution in [0.5, 0.6) is 0 Å². The van der Waals surface area contributed by atoms with Gasteiger partial charge in [-0.15, -0.1) is 0 Å². The van der Waals surface area contributed by atoms with Gasteiger partial charge in [0.2, 0.25) is 0 Å². The Morgan fingerprint density at radius 1 is 1.14 bits per heavy atom. The summed E-state index contributed by atoms with van der Waals surface area (Å²) < 4.78 is 28.0. The average molecular weight is 295 g/mol. The minimum absolute atomic E-state index is 0.00995. The Labute approximate surface area is 127 Å². The van der Waals surface area contributed by atoms with Gasteiger partial charge in [0.1, 0.15) is 11.6 Å². The maximum Gasteiger partial charge on any atom is 0.130 e. The molecule has 2 rings (SSSR count). The summed E-state index contributed by atoms with van der Waals surface area (Å²) in [5, 5.41) is 3.54. The summed E-state index contributed by atoms with van der Waals surface area (Å²) in [6, 6.07) is 2.74. The lowest BCUT2D eigenvalue weighted by Crippen LogP contribution is -2.37.